The molecule has 3 aliphatic rings. The van der Waals surface area contributed by atoms with Crippen molar-refractivity contribution in [2.75, 3.05) is 4.90 Å². The van der Waals surface area contributed by atoms with E-state index in [-0.39, 0.29) is 29.6 Å². The lowest BCUT2D eigenvalue weighted by atomic mass is 9.71. The van der Waals surface area contributed by atoms with Crippen molar-refractivity contribution in [3.63, 3.8) is 0 Å². The second kappa shape index (κ2) is 3.85. The molecule has 1 heterocycles. The van der Waals surface area contributed by atoms with Crippen molar-refractivity contribution in [2.24, 2.45) is 23.2 Å². The highest BCUT2D eigenvalue weighted by Crippen LogP contribution is 2.61. The SMILES string of the molecule is Cc1ccc(C)c(N2C(=O)[C@@H]3[C@@H]4C=C[C@@H](C4)[C@@]3(C)C2=O)c1. The maximum atomic E-state index is 13.0. The Hall–Kier alpha value is -1.90. The van der Waals surface area contributed by atoms with Crippen LogP contribution < -0.4 is 4.90 Å². The molecule has 0 unspecified atom stereocenters. The van der Waals surface area contributed by atoms with Crippen LogP contribution in [0.25, 0.3) is 0 Å². The molecule has 1 saturated heterocycles. The quantitative estimate of drug-likeness (QED) is 0.586. The molecule has 2 amide bonds. The van der Waals surface area contributed by atoms with Crippen molar-refractivity contribution in [3.05, 3.63) is 41.5 Å². The van der Waals surface area contributed by atoms with E-state index in [9.17, 15) is 9.59 Å². The first kappa shape index (κ1) is 12.8. The number of anilines is 1. The minimum absolute atomic E-state index is 0.00644. The van der Waals surface area contributed by atoms with Crippen LogP contribution in [0, 0.1) is 37.0 Å². The van der Waals surface area contributed by atoms with Gasteiger partial charge in [-0.3, -0.25) is 9.59 Å². The van der Waals surface area contributed by atoms with Crippen LogP contribution in [-0.4, -0.2) is 11.8 Å². The fraction of sp³-hybridized carbons (Fsp3) is 0.444. The maximum Gasteiger partial charge on any atom is 0.241 e. The topological polar surface area (TPSA) is 37.4 Å². The number of benzene rings is 1. The van der Waals surface area contributed by atoms with Gasteiger partial charge in [-0.1, -0.05) is 24.3 Å². The number of amides is 2. The lowest BCUT2D eigenvalue weighted by Gasteiger charge is -2.28. The van der Waals surface area contributed by atoms with Crippen LogP contribution in [0.4, 0.5) is 5.69 Å². The molecule has 0 spiro atoms. The van der Waals surface area contributed by atoms with E-state index in [0.29, 0.717) is 0 Å². The van der Waals surface area contributed by atoms with Gasteiger partial charge in [0.05, 0.1) is 17.0 Å². The van der Waals surface area contributed by atoms with E-state index < -0.39 is 5.41 Å². The smallest absolute Gasteiger partial charge is 0.241 e. The molecule has 3 heteroatoms. The standard InChI is InChI=1S/C18H19NO2/c1-10-4-5-11(2)14(8-10)19-16(20)15-12-6-7-13(9-12)18(15,3)17(19)21/h4-8,12-13,15H,9H2,1-3H3/t12-,13+,15+,18-/m1/s1. The summed E-state index contributed by atoms with van der Waals surface area (Å²) < 4.78 is 0. The van der Waals surface area contributed by atoms with Crippen LogP contribution in [0.5, 0.6) is 0 Å². The molecule has 0 N–H and O–H groups in total. The van der Waals surface area contributed by atoms with Crippen molar-refractivity contribution >= 4 is 17.5 Å². The van der Waals surface area contributed by atoms with Gasteiger partial charge in [0.1, 0.15) is 0 Å². The molecule has 4 rings (SSSR count). The zero-order chi connectivity index (χ0) is 14.9. The molecule has 2 bridgehead atoms. The van der Waals surface area contributed by atoms with E-state index >= 15 is 0 Å². The molecule has 1 aliphatic heterocycles. The van der Waals surface area contributed by atoms with Crippen LogP contribution in [-0.2, 0) is 9.59 Å². The maximum absolute atomic E-state index is 13.0. The Morgan fingerprint density at radius 1 is 1.19 bits per heavy atom. The molecule has 1 aromatic rings. The molecule has 2 fully saturated rings. The summed E-state index contributed by atoms with van der Waals surface area (Å²) in [4.78, 5) is 27.4. The van der Waals surface area contributed by atoms with Gasteiger partial charge >= 0.3 is 0 Å². The van der Waals surface area contributed by atoms with Gasteiger partial charge in [0.15, 0.2) is 0 Å². The van der Waals surface area contributed by atoms with E-state index in [4.69, 9.17) is 0 Å². The fourth-order valence-electron chi connectivity index (χ4n) is 4.49. The highest BCUT2D eigenvalue weighted by Gasteiger charge is 2.67. The Morgan fingerprint density at radius 3 is 2.67 bits per heavy atom. The third-order valence-corrected chi connectivity index (χ3v) is 5.72. The van der Waals surface area contributed by atoms with E-state index in [0.717, 1.165) is 23.2 Å². The molecule has 21 heavy (non-hydrogen) atoms. The summed E-state index contributed by atoms with van der Waals surface area (Å²) in [5.74, 6) is 0.279. The number of imide groups is 1. The largest absolute Gasteiger partial charge is 0.274 e. The third-order valence-electron chi connectivity index (χ3n) is 5.72. The number of allylic oxidation sites excluding steroid dienone is 2. The minimum atomic E-state index is -0.535. The summed E-state index contributed by atoms with van der Waals surface area (Å²) in [7, 11) is 0. The highest BCUT2D eigenvalue weighted by atomic mass is 16.2. The number of fused-ring (bicyclic) bond motifs is 5. The van der Waals surface area contributed by atoms with Gasteiger partial charge in [0.25, 0.3) is 0 Å². The Kier molecular flexibility index (Phi) is 2.35. The van der Waals surface area contributed by atoms with E-state index in [1.54, 1.807) is 0 Å². The second-order valence-electron chi connectivity index (χ2n) is 6.92. The number of carbonyl (C=O) groups excluding carboxylic acids is 2. The molecular formula is C18H19NO2. The number of nitrogens with zero attached hydrogens (tertiary/aromatic N) is 1. The monoisotopic (exact) mass is 281 g/mol. The summed E-state index contributed by atoms with van der Waals surface area (Å²) in [6.07, 6.45) is 5.23. The first-order valence-corrected chi connectivity index (χ1v) is 7.58. The molecule has 1 aromatic carbocycles. The van der Waals surface area contributed by atoms with E-state index in [1.165, 1.54) is 4.90 Å². The van der Waals surface area contributed by atoms with Crippen molar-refractivity contribution in [3.8, 4) is 0 Å². The Balaban J connectivity index is 1.85. The number of aryl methyl sites for hydroxylation is 2. The first-order valence-electron chi connectivity index (χ1n) is 7.58. The molecule has 0 radical (unpaired) electrons. The summed E-state index contributed by atoms with van der Waals surface area (Å²) >= 11 is 0. The Morgan fingerprint density at radius 2 is 1.95 bits per heavy atom. The van der Waals surface area contributed by atoms with E-state index in [2.05, 4.69) is 12.2 Å². The summed E-state index contributed by atoms with van der Waals surface area (Å²) in [6.45, 7) is 5.93. The average Bonchev–Trinajstić information content (AvgIpc) is 3.06. The number of hydrogen-bond acceptors (Lipinski definition) is 2. The predicted molar refractivity (Wildman–Crippen MR) is 80.7 cm³/mol. The lowest BCUT2D eigenvalue weighted by Crippen LogP contribution is -2.37. The molecule has 3 nitrogen and oxygen atoms in total. The van der Waals surface area contributed by atoms with Crippen LogP contribution in [0.2, 0.25) is 0 Å². The van der Waals surface area contributed by atoms with Gasteiger partial charge in [-0.15, -0.1) is 0 Å². The molecule has 4 atom stereocenters. The second-order valence-corrected chi connectivity index (χ2v) is 6.92. The summed E-state index contributed by atoms with van der Waals surface area (Å²) in [6, 6.07) is 5.94. The van der Waals surface area contributed by atoms with Gasteiger partial charge in [-0.2, -0.15) is 0 Å². The fourth-order valence-corrected chi connectivity index (χ4v) is 4.49. The molecular weight excluding hydrogens is 262 g/mol. The van der Waals surface area contributed by atoms with Crippen molar-refractivity contribution < 1.29 is 9.59 Å². The highest BCUT2D eigenvalue weighted by molar-refractivity contribution is 6.24. The van der Waals surface area contributed by atoms with Crippen molar-refractivity contribution in [1.82, 2.24) is 0 Å². The van der Waals surface area contributed by atoms with Gasteiger partial charge in [0.2, 0.25) is 11.8 Å². The normalized spacial score (nSPS) is 36.7. The van der Waals surface area contributed by atoms with Gasteiger partial charge in [-0.05, 0) is 56.2 Å². The average molecular weight is 281 g/mol. The van der Waals surface area contributed by atoms with Gasteiger partial charge in [-0.25, -0.2) is 4.90 Å². The number of hydrogen-bond donors (Lipinski definition) is 0. The van der Waals surface area contributed by atoms with E-state index in [1.807, 2.05) is 39.0 Å². The minimum Gasteiger partial charge on any atom is -0.274 e. The first-order chi connectivity index (χ1) is 9.94. The van der Waals surface area contributed by atoms with Crippen molar-refractivity contribution in [2.45, 2.75) is 27.2 Å². The molecule has 0 aromatic heterocycles. The molecule has 108 valence electrons. The predicted octanol–water partition coefficient (Wildman–Crippen LogP) is 3.01. The summed E-state index contributed by atoms with van der Waals surface area (Å²) in [5, 5.41) is 0. The van der Waals surface area contributed by atoms with Crippen LogP contribution >= 0.6 is 0 Å². The van der Waals surface area contributed by atoms with Crippen molar-refractivity contribution in [1.29, 1.82) is 0 Å². The number of rotatable bonds is 1. The molecule has 2 aliphatic carbocycles. The zero-order valence-corrected chi connectivity index (χ0v) is 12.6. The van der Waals surface area contributed by atoms with Crippen LogP contribution in [0.3, 0.4) is 0 Å². The zero-order valence-electron chi connectivity index (χ0n) is 12.6. The van der Waals surface area contributed by atoms with Gasteiger partial charge in [0, 0.05) is 0 Å². The Labute approximate surface area is 124 Å². The third kappa shape index (κ3) is 1.39. The number of carbonyl (C=O) groups is 2. The Bertz CT molecular complexity index is 705. The van der Waals surface area contributed by atoms with Crippen LogP contribution in [0.15, 0.2) is 30.4 Å². The van der Waals surface area contributed by atoms with Crippen LogP contribution in [0.1, 0.15) is 24.5 Å². The summed E-state index contributed by atoms with van der Waals surface area (Å²) in [5.41, 5.74) is 2.28. The lowest BCUT2D eigenvalue weighted by molar-refractivity contribution is -0.127. The molecule has 1 saturated carbocycles. The van der Waals surface area contributed by atoms with Gasteiger partial charge < -0.3 is 0 Å².